The van der Waals surface area contributed by atoms with E-state index >= 15 is 0 Å². The van der Waals surface area contributed by atoms with Crippen molar-refractivity contribution in [3.8, 4) is 11.3 Å². The summed E-state index contributed by atoms with van der Waals surface area (Å²) in [5, 5.41) is 2.27. The van der Waals surface area contributed by atoms with E-state index in [9.17, 15) is 0 Å². The van der Waals surface area contributed by atoms with E-state index in [4.69, 9.17) is 28.2 Å². The topological polar surface area (TPSA) is 29.0 Å². The van der Waals surface area contributed by atoms with Crippen molar-refractivity contribution < 1.29 is 0 Å². The van der Waals surface area contributed by atoms with Crippen molar-refractivity contribution >= 4 is 39.7 Å². The number of anilines is 1. The standard InChI is InChI=1S/C20H21Cl2N3S/c1-4-11-25(13(2)15-7-9-23-10-8-15)20-24-19(14(3)26-20)17-6-5-16(21)12-18(17)22/h5-10,12-13H,4,11H2,1-3H3. The molecule has 0 saturated carbocycles. The Balaban J connectivity index is 1.99. The lowest BCUT2D eigenvalue weighted by Gasteiger charge is -2.28. The second-order valence-corrected chi connectivity index (χ2v) is 8.20. The second kappa shape index (κ2) is 8.38. The fraction of sp³-hybridized carbons (Fsp3) is 0.300. The average molecular weight is 406 g/mol. The number of aryl methyl sites for hydroxylation is 1. The number of halogens is 2. The molecular formula is C20H21Cl2N3S. The van der Waals surface area contributed by atoms with E-state index in [0.717, 1.165) is 34.2 Å². The smallest absolute Gasteiger partial charge is 0.186 e. The number of hydrogen-bond acceptors (Lipinski definition) is 4. The average Bonchev–Trinajstić information content (AvgIpc) is 3.01. The van der Waals surface area contributed by atoms with Gasteiger partial charge in [-0.1, -0.05) is 30.1 Å². The van der Waals surface area contributed by atoms with E-state index in [0.29, 0.717) is 10.0 Å². The van der Waals surface area contributed by atoms with Crippen molar-refractivity contribution in [3.63, 3.8) is 0 Å². The van der Waals surface area contributed by atoms with Gasteiger partial charge < -0.3 is 4.90 Å². The molecule has 3 aromatic rings. The predicted octanol–water partition coefficient (Wildman–Crippen LogP) is 6.80. The van der Waals surface area contributed by atoms with E-state index < -0.39 is 0 Å². The molecule has 2 aromatic heterocycles. The maximum atomic E-state index is 6.40. The molecule has 136 valence electrons. The molecule has 0 bridgehead atoms. The highest BCUT2D eigenvalue weighted by Crippen LogP contribution is 2.39. The van der Waals surface area contributed by atoms with Gasteiger partial charge in [0.05, 0.1) is 16.8 Å². The lowest BCUT2D eigenvalue weighted by Crippen LogP contribution is -2.27. The largest absolute Gasteiger partial charge is 0.341 e. The molecule has 2 heterocycles. The molecular weight excluding hydrogens is 385 g/mol. The molecule has 0 spiro atoms. The molecule has 0 radical (unpaired) electrons. The van der Waals surface area contributed by atoms with E-state index in [1.165, 1.54) is 5.56 Å². The molecule has 0 amide bonds. The van der Waals surface area contributed by atoms with Gasteiger partial charge in [0.1, 0.15) is 0 Å². The Labute approximate surface area is 168 Å². The lowest BCUT2D eigenvalue weighted by atomic mass is 10.1. The van der Waals surface area contributed by atoms with Gasteiger partial charge in [0.25, 0.3) is 0 Å². The van der Waals surface area contributed by atoms with Gasteiger partial charge in [0.15, 0.2) is 5.13 Å². The van der Waals surface area contributed by atoms with Crippen molar-refractivity contribution in [3.05, 3.63) is 63.2 Å². The lowest BCUT2D eigenvalue weighted by molar-refractivity contribution is 0.656. The van der Waals surface area contributed by atoms with Crippen LogP contribution in [0, 0.1) is 6.92 Å². The van der Waals surface area contributed by atoms with Gasteiger partial charge in [-0.3, -0.25) is 4.98 Å². The number of aromatic nitrogens is 2. The number of nitrogens with zero attached hydrogens (tertiary/aromatic N) is 3. The number of benzene rings is 1. The minimum absolute atomic E-state index is 0.219. The van der Waals surface area contributed by atoms with Crippen LogP contribution in [-0.2, 0) is 0 Å². The molecule has 0 fully saturated rings. The molecule has 26 heavy (non-hydrogen) atoms. The maximum absolute atomic E-state index is 6.40. The molecule has 0 aliphatic heterocycles. The quantitative estimate of drug-likeness (QED) is 0.451. The van der Waals surface area contributed by atoms with Crippen LogP contribution in [0.1, 0.15) is 36.8 Å². The molecule has 0 aliphatic rings. The van der Waals surface area contributed by atoms with Crippen LogP contribution in [0.15, 0.2) is 42.7 Å². The summed E-state index contributed by atoms with van der Waals surface area (Å²) in [6.45, 7) is 7.41. The van der Waals surface area contributed by atoms with E-state index in [-0.39, 0.29) is 6.04 Å². The normalized spacial score (nSPS) is 12.2. The third-order valence-corrected chi connectivity index (χ3v) is 5.89. The molecule has 3 rings (SSSR count). The van der Waals surface area contributed by atoms with Crippen molar-refractivity contribution in [1.82, 2.24) is 9.97 Å². The zero-order valence-electron chi connectivity index (χ0n) is 15.0. The summed E-state index contributed by atoms with van der Waals surface area (Å²) >= 11 is 14.1. The number of thiazole rings is 1. The highest BCUT2D eigenvalue weighted by Gasteiger charge is 2.21. The zero-order chi connectivity index (χ0) is 18.7. The Morgan fingerprint density at radius 3 is 2.54 bits per heavy atom. The van der Waals surface area contributed by atoms with Gasteiger partial charge in [-0.2, -0.15) is 0 Å². The number of pyridine rings is 1. The molecule has 0 aliphatic carbocycles. The highest BCUT2D eigenvalue weighted by atomic mass is 35.5. The van der Waals surface area contributed by atoms with Crippen LogP contribution < -0.4 is 4.90 Å². The summed E-state index contributed by atoms with van der Waals surface area (Å²) in [4.78, 5) is 12.6. The number of rotatable bonds is 6. The summed E-state index contributed by atoms with van der Waals surface area (Å²) in [6.07, 6.45) is 4.72. The van der Waals surface area contributed by atoms with E-state index in [1.807, 2.05) is 24.5 Å². The Morgan fingerprint density at radius 1 is 1.15 bits per heavy atom. The van der Waals surface area contributed by atoms with Gasteiger partial charge in [0.2, 0.25) is 0 Å². The summed E-state index contributed by atoms with van der Waals surface area (Å²) in [5.74, 6) is 0. The maximum Gasteiger partial charge on any atom is 0.186 e. The molecule has 0 N–H and O–H groups in total. The third kappa shape index (κ3) is 4.03. The van der Waals surface area contributed by atoms with Crippen LogP contribution in [0.5, 0.6) is 0 Å². The Morgan fingerprint density at radius 2 is 1.88 bits per heavy atom. The van der Waals surface area contributed by atoms with Crippen molar-refractivity contribution in [2.75, 3.05) is 11.4 Å². The Hall–Kier alpha value is -1.62. The van der Waals surface area contributed by atoms with Gasteiger partial charge in [-0.15, -0.1) is 11.3 Å². The van der Waals surface area contributed by atoms with E-state index in [1.54, 1.807) is 17.4 Å². The molecule has 1 unspecified atom stereocenters. The van der Waals surface area contributed by atoms with Crippen LogP contribution >= 0.6 is 34.5 Å². The van der Waals surface area contributed by atoms with Gasteiger partial charge in [0, 0.05) is 34.4 Å². The summed E-state index contributed by atoms with van der Waals surface area (Å²) in [7, 11) is 0. The van der Waals surface area contributed by atoms with Crippen LogP contribution in [0.2, 0.25) is 10.0 Å². The van der Waals surface area contributed by atoms with E-state index in [2.05, 4.69) is 42.8 Å². The molecule has 3 nitrogen and oxygen atoms in total. The summed E-state index contributed by atoms with van der Waals surface area (Å²) in [6, 6.07) is 9.89. The minimum Gasteiger partial charge on any atom is -0.341 e. The molecule has 1 aromatic carbocycles. The monoisotopic (exact) mass is 405 g/mol. The first-order chi connectivity index (χ1) is 12.5. The second-order valence-electron chi connectivity index (χ2n) is 6.18. The molecule has 1 atom stereocenters. The zero-order valence-corrected chi connectivity index (χ0v) is 17.4. The first-order valence-corrected chi connectivity index (χ1v) is 10.2. The first-order valence-electron chi connectivity index (χ1n) is 8.60. The van der Waals surface area contributed by atoms with Crippen LogP contribution in [0.4, 0.5) is 5.13 Å². The Bertz CT molecular complexity index is 880. The van der Waals surface area contributed by atoms with Crippen molar-refractivity contribution in [2.45, 2.75) is 33.2 Å². The number of hydrogen-bond donors (Lipinski definition) is 0. The first kappa shape index (κ1) is 19.2. The Kier molecular flexibility index (Phi) is 6.17. The van der Waals surface area contributed by atoms with Crippen LogP contribution in [0.3, 0.4) is 0 Å². The molecule has 6 heteroatoms. The predicted molar refractivity (Wildman–Crippen MR) is 113 cm³/mol. The SMILES string of the molecule is CCCN(c1nc(-c2ccc(Cl)cc2Cl)c(C)s1)C(C)c1ccncc1. The van der Waals surface area contributed by atoms with Crippen LogP contribution in [-0.4, -0.2) is 16.5 Å². The summed E-state index contributed by atoms with van der Waals surface area (Å²) < 4.78 is 0. The highest BCUT2D eigenvalue weighted by molar-refractivity contribution is 7.16. The third-order valence-electron chi connectivity index (χ3n) is 4.34. The molecule has 0 saturated heterocycles. The van der Waals surface area contributed by atoms with Crippen molar-refractivity contribution in [2.24, 2.45) is 0 Å². The van der Waals surface area contributed by atoms with Gasteiger partial charge in [-0.25, -0.2) is 4.98 Å². The summed E-state index contributed by atoms with van der Waals surface area (Å²) in [5.41, 5.74) is 3.08. The van der Waals surface area contributed by atoms with Crippen LogP contribution in [0.25, 0.3) is 11.3 Å². The van der Waals surface area contributed by atoms with Gasteiger partial charge >= 0.3 is 0 Å². The minimum atomic E-state index is 0.219. The van der Waals surface area contributed by atoms with Crippen molar-refractivity contribution in [1.29, 1.82) is 0 Å². The fourth-order valence-corrected chi connectivity index (χ4v) is 4.48. The fourth-order valence-electron chi connectivity index (χ4n) is 2.95. The van der Waals surface area contributed by atoms with Gasteiger partial charge in [-0.05, 0) is 56.2 Å².